The molecule has 4 heteroatoms. The normalized spacial score (nSPS) is 20.7. The lowest BCUT2D eigenvalue weighted by molar-refractivity contribution is -0.134. The van der Waals surface area contributed by atoms with Gasteiger partial charge in [0.05, 0.1) is 6.10 Å². The summed E-state index contributed by atoms with van der Waals surface area (Å²) in [4.78, 5) is 14.1. The van der Waals surface area contributed by atoms with Crippen molar-refractivity contribution in [1.29, 1.82) is 0 Å². The lowest BCUT2D eigenvalue weighted by Crippen LogP contribution is -2.43. The molecule has 1 fully saturated rings. The number of ether oxygens (including phenoxy) is 1. The number of hydrogen-bond acceptors (Lipinski definition) is 3. The van der Waals surface area contributed by atoms with E-state index in [1.807, 2.05) is 35.2 Å². The van der Waals surface area contributed by atoms with Crippen molar-refractivity contribution in [2.24, 2.45) is 5.73 Å². The smallest absolute Gasteiger partial charge is 0.222 e. The Kier molecular flexibility index (Phi) is 5.56. The lowest BCUT2D eigenvalue weighted by Gasteiger charge is -2.32. The van der Waals surface area contributed by atoms with Gasteiger partial charge < -0.3 is 15.4 Å². The number of piperidine rings is 1. The van der Waals surface area contributed by atoms with Gasteiger partial charge in [-0.05, 0) is 24.8 Å². The molecule has 0 bridgehead atoms. The first-order chi connectivity index (χ1) is 9.70. The van der Waals surface area contributed by atoms with Gasteiger partial charge in [-0.2, -0.15) is 0 Å². The molecule has 110 valence electrons. The summed E-state index contributed by atoms with van der Waals surface area (Å²) in [6, 6.07) is 9.88. The maximum absolute atomic E-state index is 12.2. The zero-order chi connectivity index (χ0) is 14.4. The Hall–Kier alpha value is -1.39. The zero-order valence-corrected chi connectivity index (χ0v) is 12.1. The van der Waals surface area contributed by atoms with Crippen LogP contribution in [0.15, 0.2) is 30.3 Å². The van der Waals surface area contributed by atoms with E-state index < -0.39 is 0 Å². The molecule has 1 saturated heterocycles. The fraction of sp³-hybridized carbons (Fsp3) is 0.562. The van der Waals surface area contributed by atoms with Crippen LogP contribution in [-0.2, 0) is 9.53 Å². The van der Waals surface area contributed by atoms with E-state index in [0.29, 0.717) is 12.8 Å². The van der Waals surface area contributed by atoms with Crippen molar-refractivity contribution in [3.63, 3.8) is 0 Å². The van der Waals surface area contributed by atoms with Crippen LogP contribution in [0.1, 0.15) is 37.3 Å². The Morgan fingerprint density at radius 3 is 2.90 bits per heavy atom. The number of carbonyl (C=O) groups excluding carboxylic acids is 1. The minimum Gasteiger partial charge on any atom is -0.380 e. The van der Waals surface area contributed by atoms with Crippen LogP contribution < -0.4 is 5.73 Å². The van der Waals surface area contributed by atoms with Gasteiger partial charge in [-0.1, -0.05) is 30.3 Å². The molecule has 1 aromatic carbocycles. The highest BCUT2D eigenvalue weighted by atomic mass is 16.5. The summed E-state index contributed by atoms with van der Waals surface area (Å²) in [7, 11) is 1.71. The summed E-state index contributed by atoms with van der Waals surface area (Å²) in [6.45, 7) is 1.56. The second-order valence-electron chi connectivity index (χ2n) is 5.40. The molecule has 1 aliphatic rings. The monoisotopic (exact) mass is 276 g/mol. The lowest BCUT2D eigenvalue weighted by atomic mass is 10.0. The van der Waals surface area contributed by atoms with E-state index in [4.69, 9.17) is 10.5 Å². The number of likely N-dealkylation sites (tertiary alicyclic amines) is 1. The van der Waals surface area contributed by atoms with Gasteiger partial charge in [0.15, 0.2) is 0 Å². The number of amides is 1. The number of carbonyl (C=O) groups is 1. The molecule has 2 atom stereocenters. The van der Waals surface area contributed by atoms with Crippen LogP contribution >= 0.6 is 0 Å². The summed E-state index contributed by atoms with van der Waals surface area (Å²) in [5.41, 5.74) is 7.22. The van der Waals surface area contributed by atoms with Crippen LogP contribution in [0.25, 0.3) is 0 Å². The Morgan fingerprint density at radius 2 is 2.20 bits per heavy atom. The van der Waals surface area contributed by atoms with E-state index >= 15 is 0 Å². The van der Waals surface area contributed by atoms with Crippen LogP contribution in [0.5, 0.6) is 0 Å². The third kappa shape index (κ3) is 4.05. The highest BCUT2D eigenvalue weighted by Gasteiger charge is 2.23. The van der Waals surface area contributed by atoms with Crippen LogP contribution in [0.2, 0.25) is 0 Å². The summed E-state index contributed by atoms with van der Waals surface area (Å²) in [6.07, 6.45) is 3.46. The molecule has 4 nitrogen and oxygen atoms in total. The summed E-state index contributed by atoms with van der Waals surface area (Å²) < 4.78 is 5.35. The van der Waals surface area contributed by atoms with Gasteiger partial charge in [0.1, 0.15) is 0 Å². The predicted octanol–water partition coefficient (Wildman–Crippen LogP) is 2.10. The van der Waals surface area contributed by atoms with Crippen molar-refractivity contribution >= 4 is 5.91 Å². The Morgan fingerprint density at radius 1 is 1.45 bits per heavy atom. The summed E-state index contributed by atoms with van der Waals surface area (Å²) in [5.74, 6) is 0.193. The van der Waals surface area contributed by atoms with Crippen LogP contribution in [0.4, 0.5) is 0 Å². The largest absolute Gasteiger partial charge is 0.380 e. The van der Waals surface area contributed by atoms with Crippen molar-refractivity contribution in [1.82, 2.24) is 4.90 Å². The molecule has 0 aliphatic carbocycles. The first-order valence-electron chi connectivity index (χ1n) is 7.32. The average Bonchev–Trinajstić information content (AvgIpc) is 2.53. The topological polar surface area (TPSA) is 55.6 Å². The minimum absolute atomic E-state index is 0.0665. The van der Waals surface area contributed by atoms with Gasteiger partial charge in [0.2, 0.25) is 5.91 Å². The molecule has 1 aromatic rings. The van der Waals surface area contributed by atoms with E-state index in [9.17, 15) is 4.79 Å². The molecule has 0 radical (unpaired) electrons. The number of benzene rings is 1. The SMILES string of the molecule is COC1CCCN(C(=O)CCC(N)c2ccccc2)C1. The third-order valence-corrected chi connectivity index (χ3v) is 3.96. The average molecular weight is 276 g/mol. The second kappa shape index (κ2) is 7.41. The van der Waals surface area contributed by atoms with Crippen LogP contribution in [-0.4, -0.2) is 37.1 Å². The van der Waals surface area contributed by atoms with E-state index in [1.54, 1.807) is 7.11 Å². The number of methoxy groups -OCH3 is 1. The standard InChI is InChI=1S/C16H24N2O2/c1-20-14-8-5-11-18(12-14)16(19)10-9-15(17)13-6-3-2-4-7-13/h2-4,6-7,14-15H,5,8-12,17H2,1H3. The van der Waals surface area contributed by atoms with E-state index in [2.05, 4.69) is 0 Å². The van der Waals surface area contributed by atoms with Gasteiger partial charge in [-0.15, -0.1) is 0 Å². The maximum atomic E-state index is 12.2. The minimum atomic E-state index is -0.0665. The van der Waals surface area contributed by atoms with Crippen LogP contribution in [0.3, 0.4) is 0 Å². The van der Waals surface area contributed by atoms with Gasteiger partial charge in [-0.25, -0.2) is 0 Å². The van der Waals surface area contributed by atoms with Gasteiger partial charge in [0.25, 0.3) is 0 Å². The van der Waals surface area contributed by atoms with Gasteiger partial charge in [-0.3, -0.25) is 4.79 Å². The molecule has 20 heavy (non-hydrogen) atoms. The number of nitrogens with zero attached hydrogens (tertiary/aromatic N) is 1. The van der Waals surface area contributed by atoms with E-state index in [-0.39, 0.29) is 18.1 Å². The molecule has 0 aromatic heterocycles. The Labute approximate surface area is 120 Å². The molecule has 1 aliphatic heterocycles. The van der Waals surface area contributed by atoms with Crippen molar-refractivity contribution in [3.8, 4) is 0 Å². The second-order valence-corrected chi connectivity index (χ2v) is 5.40. The highest BCUT2D eigenvalue weighted by molar-refractivity contribution is 5.76. The van der Waals surface area contributed by atoms with Crippen molar-refractivity contribution in [2.45, 2.75) is 37.8 Å². The van der Waals surface area contributed by atoms with Gasteiger partial charge >= 0.3 is 0 Å². The molecule has 1 amide bonds. The Bertz CT molecular complexity index is 422. The molecule has 0 saturated carbocycles. The fourth-order valence-electron chi connectivity index (χ4n) is 2.66. The predicted molar refractivity (Wildman–Crippen MR) is 79.2 cm³/mol. The molecule has 2 unspecified atom stereocenters. The first kappa shape index (κ1) is 15.0. The number of hydrogen-bond donors (Lipinski definition) is 1. The maximum Gasteiger partial charge on any atom is 0.222 e. The molecule has 0 spiro atoms. The van der Waals surface area contributed by atoms with Crippen LogP contribution in [0, 0.1) is 0 Å². The fourth-order valence-corrected chi connectivity index (χ4v) is 2.66. The van der Waals surface area contributed by atoms with E-state index in [0.717, 1.165) is 31.5 Å². The van der Waals surface area contributed by atoms with E-state index in [1.165, 1.54) is 0 Å². The summed E-state index contributed by atoms with van der Waals surface area (Å²) in [5, 5.41) is 0. The number of rotatable bonds is 5. The quantitative estimate of drug-likeness (QED) is 0.896. The van der Waals surface area contributed by atoms with Crippen molar-refractivity contribution < 1.29 is 9.53 Å². The molecular formula is C16H24N2O2. The molecular weight excluding hydrogens is 252 g/mol. The van der Waals surface area contributed by atoms with Gasteiger partial charge in [0, 0.05) is 32.7 Å². The third-order valence-electron chi connectivity index (χ3n) is 3.96. The Balaban J connectivity index is 1.80. The number of nitrogens with two attached hydrogens (primary N) is 1. The summed E-state index contributed by atoms with van der Waals surface area (Å²) >= 11 is 0. The molecule has 1 heterocycles. The van der Waals surface area contributed by atoms with Crippen molar-refractivity contribution in [3.05, 3.63) is 35.9 Å². The molecule has 2 rings (SSSR count). The highest BCUT2D eigenvalue weighted by Crippen LogP contribution is 2.18. The van der Waals surface area contributed by atoms with Crippen molar-refractivity contribution in [2.75, 3.05) is 20.2 Å². The first-order valence-corrected chi connectivity index (χ1v) is 7.32. The molecule has 2 N–H and O–H groups in total. The zero-order valence-electron chi connectivity index (χ0n) is 12.1.